The third kappa shape index (κ3) is 4.32. The van der Waals surface area contributed by atoms with Gasteiger partial charge in [-0.15, -0.1) is 0 Å². The number of thiol groups is 1. The first-order valence-electron chi connectivity index (χ1n) is 7.55. The van der Waals surface area contributed by atoms with Crippen molar-refractivity contribution >= 4 is 23.0 Å². The van der Waals surface area contributed by atoms with E-state index in [9.17, 15) is 0 Å². The van der Waals surface area contributed by atoms with Crippen LogP contribution in [0.15, 0.2) is 23.7 Å². The van der Waals surface area contributed by atoms with Crippen molar-refractivity contribution in [2.45, 2.75) is 32.6 Å². The van der Waals surface area contributed by atoms with Crippen LogP contribution in [0.25, 0.3) is 5.43 Å². The summed E-state index contributed by atoms with van der Waals surface area (Å²) in [5.74, 6) is 1.60. The monoisotopic (exact) mass is 359 g/mol. The largest absolute Gasteiger partial charge is 0.515 e. The van der Waals surface area contributed by atoms with Crippen LogP contribution < -0.4 is 0 Å². The Kier molecular flexibility index (Phi) is 6.44. The minimum atomic E-state index is 0. The fourth-order valence-electron chi connectivity index (χ4n) is 3.20. The van der Waals surface area contributed by atoms with Crippen LogP contribution in [0.5, 0.6) is 0 Å². The average Bonchev–Trinajstić information content (AvgIpc) is 2.87. The van der Waals surface area contributed by atoms with Gasteiger partial charge in [-0.25, -0.2) is 14.9 Å². The van der Waals surface area contributed by atoms with Gasteiger partial charge >= 0.3 is 0 Å². The first-order chi connectivity index (χ1) is 10.2. The molecule has 22 heavy (non-hydrogen) atoms. The van der Waals surface area contributed by atoms with Crippen LogP contribution in [0.4, 0.5) is 0 Å². The van der Waals surface area contributed by atoms with Gasteiger partial charge in [-0.05, 0) is 50.5 Å². The van der Waals surface area contributed by atoms with Crippen LogP contribution in [0.1, 0.15) is 38.3 Å². The van der Waals surface area contributed by atoms with Crippen LogP contribution in [0.3, 0.4) is 0 Å². The normalized spacial score (nSPS) is 25.2. The Hall–Kier alpha value is -0.881. The molecule has 2 saturated heterocycles. The molecule has 1 saturated carbocycles. The second-order valence-corrected chi connectivity index (χ2v) is 6.37. The molecule has 0 aromatic carbocycles. The Balaban J connectivity index is 0.00000176. The van der Waals surface area contributed by atoms with Crippen molar-refractivity contribution < 1.29 is 17.1 Å². The maximum absolute atomic E-state index is 4.55. The molecule has 0 N–H and O–H groups in total. The summed E-state index contributed by atoms with van der Waals surface area (Å²) in [7, 11) is 0. The van der Waals surface area contributed by atoms with E-state index in [0.717, 1.165) is 41.4 Å². The van der Waals surface area contributed by atoms with Gasteiger partial charge in [0.2, 0.25) is 0 Å². The summed E-state index contributed by atoms with van der Waals surface area (Å²) in [5.41, 5.74) is 5.87. The molecule has 2 aliphatic heterocycles. The van der Waals surface area contributed by atoms with E-state index >= 15 is 0 Å². The zero-order valence-corrected chi connectivity index (χ0v) is 14.7. The van der Waals surface area contributed by atoms with Crippen LogP contribution in [0, 0.1) is 11.8 Å². The molecule has 0 spiro atoms. The van der Waals surface area contributed by atoms with E-state index in [1.165, 1.54) is 32.0 Å². The van der Waals surface area contributed by atoms with Crippen LogP contribution in [-0.2, 0) is 29.3 Å². The summed E-state index contributed by atoms with van der Waals surface area (Å²) in [4.78, 5) is 10.4. The molecule has 1 aromatic heterocycles. The molecule has 4 rings (SSSR count). The van der Waals surface area contributed by atoms with E-state index in [1.54, 1.807) is 6.20 Å². The Bertz CT molecular complexity index is 514. The van der Waals surface area contributed by atoms with Gasteiger partial charge in [0.05, 0.1) is 5.69 Å². The molecular formula is C15H21FeN5S. The van der Waals surface area contributed by atoms with Gasteiger partial charge in [0.1, 0.15) is 6.33 Å². The van der Waals surface area contributed by atoms with E-state index in [4.69, 9.17) is 0 Å². The van der Waals surface area contributed by atoms with Crippen molar-refractivity contribution in [2.24, 2.45) is 16.9 Å². The van der Waals surface area contributed by atoms with E-state index in [-0.39, 0.29) is 17.1 Å². The second-order valence-electron chi connectivity index (χ2n) is 5.97. The Morgan fingerprint density at radius 3 is 2.45 bits per heavy atom. The standard InChI is InChI=1S/C15H21N5S.Fe/c1-11(14-6-7-16-10-17-14)18-19-15(21)20-8-12-2-3-13(9-20)5-4-12;/h6-7,10,12-13H,2-5,8-9H2,1H3,(H,16,17,19,21);. The average molecular weight is 359 g/mol. The van der Waals surface area contributed by atoms with Crippen LogP contribution in [0.2, 0.25) is 0 Å². The summed E-state index contributed by atoms with van der Waals surface area (Å²) in [6, 6.07) is 1.83. The molecule has 0 amide bonds. The minimum Gasteiger partial charge on any atom is -0.515 e. The molecule has 0 atom stereocenters. The van der Waals surface area contributed by atoms with Gasteiger partial charge in [0.25, 0.3) is 0 Å². The predicted octanol–water partition coefficient (Wildman–Crippen LogP) is 2.06. The van der Waals surface area contributed by atoms with Crippen molar-refractivity contribution in [3.05, 3.63) is 29.7 Å². The molecule has 7 heteroatoms. The minimum absolute atomic E-state index is 0. The molecule has 3 fully saturated rings. The third-order valence-electron chi connectivity index (χ3n) is 4.45. The van der Waals surface area contributed by atoms with Crippen molar-refractivity contribution in [3.63, 3.8) is 0 Å². The fourth-order valence-corrected chi connectivity index (χ4v) is 3.40. The van der Waals surface area contributed by atoms with Crippen molar-refractivity contribution in [1.29, 1.82) is 0 Å². The molecule has 1 aliphatic carbocycles. The topological polar surface area (TPSA) is 55.5 Å². The number of hydrogen-bond donors (Lipinski definition) is 0. The zero-order chi connectivity index (χ0) is 14.7. The first kappa shape index (κ1) is 17.5. The molecule has 120 valence electrons. The smallest absolute Gasteiger partial charge is 0.189 e. The number of aromatic nitrogens is 2. The van der Waals surface area contributed by atoms with Gasteiger partial charge < -0.3 is 10.5 Å². The summed E-state index contributed by atoms with van der Waals surface area (Å²) < 4.78 is 0. The van der Waals surface area contributed by atoms with Gasteiger partial charge in [-0.2, -0.15) is 0 Å². The fraction of sp³-hybridized carbons (Fsp3) is 0.600. The first-order valence-corrected chi connectivity index (χ1v) is 7.99. The van der Waals surface area contributed by atoms with Crippen molar-refractivity contribution in [1.82, 2.24) is 14.9 Å². The molecule has 0 radical (unpaired) electrons. The van der Waals surface area contributed by atoms with E-state index in [2.05, 4.69) is 37.6 Å². The van der Waals surface area contributed by atoms with Gasteiger partial charge in [0.15, 0.2) is 17.3 Å². The Labute approximate surface area is 147 Å². The number of hydrogen-bond acceptors (Lipinski definition) is 3. The Morgan fingerprint density at radius 1 is 1.27 bits per heavy atom. The van der Waals surface area contributed by atoms with E-state index < -0.39 is 0 Å². The number of rotatable bonds is 2. The summed E-state index contributed by atoms with van der Waals surface area (Å²) in [6.45, 7) is 4.04. The molecule has 3 heterocycles. The SMILES string of the molecule is CC(=N[N-]C(=[SH+])N1CC2CCC(CC2)C1)c1ccncn1.[Fe]. The van der Waals surface area contributed by atoms with Gasteiger partial charge in [0, 0.05) is 42.1 Å². The van der Waals surface area contributed by atoms with Gasteiger partial charge in [-0.1, -0.05) is 0 Å². The predicted molar refractivity (Wildman–Crippen MR) is 88.4 cm³/mol. The second kappa shape index (κ2) is 8.11. The molecule has 2 bridgehead atoms. The summed E-state index contributed by atoms with van der Waals surface area (Å²) >= 11 is 4.55. The van der Waals surface area contributed by atoms with Gasteiger partial charge in [-0.3, -0.25) is 0 Å². The quantitative estimate of drug-likeness (QED) is 0.203. The maximum Gasteiger partial charge on any atom is 0.189 e. The number of nitrogens with zero attached hydrogens (tertiary/aromatic N) is 5. The van der Waals surface area contributed by atoms with Crippen molar-refractivity contribution in [2.75, 3.05) is 13.1 Å². The third-order valence-corrected chi connectivity index (χ3v) is 4.82. The Morgan fingerprint density at radius 2 is 1.91 bits per heavy atom. The summed E-state index contributed by atoms with van der Waals surface area (Å²) in [5, 5.41) is 4.99. The van der Waals surface area contributed by atoms with E-state index in [1.807, 2.05) is 13.0 Å². The molecule has 5 nitrogen and oxygen atoms in total. The zero-order valence-electron chi connectivity index (χ0n) is 12.7. The summed E-state index contributed by atoms with van der Waals surface area (Å²) in [6.07, 6.45) is 8.64. The molecule has 0 unspecified atom stereocenters. The van der Waals surface area contributed by atoms with Crippen LogP contribution >= 0.6 is 0 Å². The maximum atomic E-state index is 4.55. The van der Waals surface area contributed by atoms with Crippen LogP contribution in [-0.4, -0.2) is 38.8 Å². The van der Waals surface area contributed by atoms with E-state index in [0.29, 0.717) is 0 Å². The molecular weight excluding hydrogens is 338 g/mol. The number of fused-ring (bicyclic) bond motifs is 4. The molecule has 3 aliphatic rings. The molecule has 1 aromatic rings. The van der Waals surface area contributed by atoms with Crippen molar-refractivity contribution in [3.8, 4) is 0 Å².